The minimum atomic E-state index is 0.364. The van der Waals surface area contributed by atoms with Crippen LogP contribution in [0.4, 0.5) is 0 Å². The molecule has 0 saturated heterocycles. The number of nitrogens with zero attached hydrogens (tertiary/aromatic N) is 1. The van der Waals surface area contributed by atoms with Crippen molar-refractivity contribution in [3.05, 3.63) is 57.0 Å². The Balaban J connectivity index is 1.79. The minimum absolute atomic E-state index is 0.364. The van der Waals surface area contributed by atoms with E-state index in [2.05, 4.69) is 20.9 Å². The Kier molecular flexibility index (Phi) is 5.83. The molecule has 3 aromatic rings. The van der Waals surface area contributed by atoms with Crippen LogP contribution in [0.2, 0.25) is 5.02 Å². The van der Waals surface area contributed by atoms with Crippen LogP contribution in [-0.4, -0.2) is 19.2 Å². The topological polar surface area (TPSA) is 40.6 Å². The van der Waals surface area contributed by atoms with Gasteiger partial charge in [-0.2, -0.15) is 0 Å². The third-order valence-electron chi connectivity index (χ3n) is 3.45. The fourth-order valence-electron chi connectivity index (χ4n) is 2.30. The summed E-state index contributed by atoms with van der Waals surface area (Å²) in [5.74, 6) is 2.07. The summed E-state index contributed by atoms with van der Waals surface area (Å²) in [4.78, 5) is 4.64. The monoisotopic (exact) mass is 439 g/mol. The van der Waals surface area contributed by atoms with Gasteiger partial charge in [0, 0.05) is 10.4 Å². The highest BCUT2D eigenvalue weighted by Gasteiger charge is 2.15. The van der Waals surface area contributed by atoms with E-state index in [-0.39, 0.29) is 0 Å². The zero-order chi connectivity index (χ0) is 17.8. The van der Waals surface area contributed by atoms with E-state index in [0.717, 1.165) is 26.5 Å². The molecule has 0 fully saturated rings. The Hall–Kier alpha value is -1.76. The number of rotatable bonds is 6. The zero-order valence-electron chi connectivity index (χ0n) is 13.6. The van der Waals surface area contributed by atoms with Crippen molar-refractivity contribution in [1.82, 2.24) is 4.98 Å². The molecule has 0 bridgehead atoms. The number of ether oxygens (including phenoxy) is 3. The molecule has 0 saturated carbocycles. The van der Waals surface area contributed by atoms with Crippen molar-refractivity contribution in [1.29, 1.82) is 0 Å². The molecule has 0 radical (unpaired) electrons. The van der Waals surface area contributed by atoms with Gasteiger partial charge in [-0.25, -0.2) is 4.98 Å². The predicted molar refractivity (Wildman–Crippen MR) is 104 cm³/mol. The lowest BCUT2D eigenvalue weighted by Crippen LogP contribution is -1.97. The number of aromatic nitrogens is 1. The Morgan fingerprint density at radius 1 is 1.12 bits per heavy atom. The summed E-state index contributed by atoms with van der Waals surface area (Å²) in [5.41, 5.74) is 1.73. The van der Waals surface area contributed by atoms with Crippen LogP contribution in [0, 0.1) is 0 Å². The number of methoxy groups -OCH3 is 2. The van der Waals surface area contributed by atoms with E-state index in [0.29, 0.717) is 23.1 Å². The van der Waals surface area contributed by atoms with Crippen molar-refractivity contribution in [2.24, 2.45) is 0 Å². The van der Waals surface area contributed by atoms with Crippen LogP contribution in [0.3, 0.4) is 0 Å². The van der Waals surface area contributed by atoms with Crippen molar-refractivity contribution >= 4 is 38.9 Å². The summed E-state index contributed by atoms with van der Waals surface area (Å²) in [6.07, 6.45) is 0. The summed E-state index contributed by atoms with van der Waals surface area (Å²) in [6, 6.07) is 11.1. The largest absolute Gasteiger partial charge is 0.493 e. The first kappa shape index (κ1) is 18.0. The summed E-state index contributed by atoms with van der Waals surface area (Å²) < 4.78 is 17.4. The Morgan fingerprint density at radius 3 is 2.68 bits per heavy atom. The van der Waals surface area contributed by atoms with Crippen molar-refractivity contribution in [2.45, 2.75) is 6.61 Å². The van der Waals surface area contributed by atoms with Gasteiger partial charge < -0.3 is 14.2 Å². The molecule has 3 rings (SSSR count). The number of hydrogen-bond acceptors (Lipinski definition) is 5. The average molecular weight is 441 g/mol. The molecule has 0 unspecified atom stereocenters. The molecule has 0 atom stereocenters. The summed E-state index contributed by atoms with van der Waals surface area (Å²) in [7, 11) is 3.24. The molecule has 0 aliphatic rings. The standard InChI is InChI=1S/C18H15BrClNO3S/c1-22-16-5-3-4-13(17(16)23-2)18-21-12(10-25-18)9-24-15-7-6-11(20)8-14(15)19/h3-8,10H,9H2,1-2H3. The van der Waals surface area contributed by atoms with E-state index < -0.39 is 0 Å². The molecule has 25 heavy (non-hydrogen) atoms. The third-order valence-corrected chi connectivity index (χ3v) is 5.23. The van der Waals surface area contributed by atoms with E-state index in [9.17, 15) is 0 Å². The fourth-order valence-corrected chi connectivity index (χ4v) is 3.92. The van der Waals surface area contributed by atoms with Crippen LogP contribution in [0.15, 0.2) is 46.3 Å². The van der Waals surface area contributed by atoms with Crippen molar-refractivity contribution < 1.29 is 14.2 Å². The van der Waals surface area contributed by atoms with Gasteiger partial charge in [-0.1, -0.05) is 17.7 Å². The molecule has 0 N–H and O–H groups in total. The molecule has 7 heteroatoms. The smallest absolute Gasteiger partial charge is 0.170 e. The van der Waals surface area contributed by atoms with Gasteiger partial charge >= 0.3 is 0 Å². The first-order valence-electron chi connectivity index (χ1n) is 7.36. The number of hydrogen-bond donors (Lipinski definition) is 0. The SMILES string of the molecule is COc1cccc(-c2nc(COc3ccc(Cl)cc3Br)cs2)c1OC. The Bertz CT molecular complexity index is 885. The first-order valence-corrected chi connectivity index (χ1v) is 9.41. The highest BCUT2D eigenvalue weighted by atomic mass is 79.9. The van der Waals surface area contributed by atoms with Gasteiger partial charge in [0.1, 0.15) is 17.4 Å². The molecule has 0 spiro atoms. The van der Waals surface area contributed by atoms with E-state index in [1.807, 2.05) is 29.6 Å². The molecular formula is C18H15BrClNO3S. The lowest BCUT2D eigenvalue weighted by atomic mass is 10.2. The molecule has 130 valence electrons. The van der Waals surface area contributed by atoms with Gasteiger partial charge in [-0.05, 0) is 46.3 Å². The highest BCUT2D eigenvalue weighted by molar-refractivity contribution is 9.10. The Labute approximate surface area is 163 Å². The maximum absolute atomic E-state index is 5.94. The number of halogens is 2. The molecule has 4 nitrogen and oxygen atoms in total. The van der Waals surface area contributed by atoms with Crippen LogP contribution in [-0.2, 0) is 6.61 Å². The van der Waals surface area contributed by atoms with Gasteiger partial charge in [-0.15, -0.1) is 11.3 Å². The van der Waals surface area contributed by atoms with Crippen LogP contribution in [0.1, 0.15) is 5.69 Å². The molecule has 1 aromatic heterocycles. The summed E-state index contributed by atoms with van der Waals surface area (Å²) >= 11 is 10.9. The fraction of sp³-hybridized carbons (Fsp3) is 0.167. The van der Waals surface area contributed by atoms with Crippen LogP contribution < -0.4 is 14.2 Å². The number of thiazole rings is 1. The maximum atomic E-state index is 5.94. The molecule has 1 heterocycles. The lowest BCUT2D eigenvalue weighted by Gasteiger charge is -2.10. The second-order valence-corrected chi connectivity index (χ2v) is 7.20. The van der Waals surface area contributed by atoms with Gasteiger partial charge in [-0.3, -0.25) is 0 Å². The van der Waals surface area contributed by atoms with Gasteiger partial charge in [0.15, 0.2) is 11.5 Å². The molecular weight excluding hydrogens is 426 g/mol. The summed E-state index contributed by atoms with van der Waals surface area (Å²) in [5, 5.41) is 3.47. The number of para-hydroxylation sites is 1. The molecule has 0 amide bonds. The second-order valence-electron chi connectivity index (χ2n) is 5.05. The van der Waals surface area contributed by atoms with Crippen LogP contribution in [0.5, 0.6) is 17.2 Å². The normalized spacial score (nSPS) is 10.6. The van der Waals surface area contributed by atoms with Crippen molar-refractivity contribution in [3.63, 3.8) is 0 Å². The van der Waals surface area contributed by atoms with E-state index in [1.54, 1.807) is 26.4 Å². The van der Waals surface area contributed by atoms with E-state index in [4.69, 9.17) is 25.8 Å². The number of benzene rings is 2. The maximum Gasteiger partial charge on any atom is 0.170 e. The average Bonchev–Trinajstić information content (AvgIpc) is 3.09. The predicted octanol–water partition coefficient (Wildman–Crippen LogP) is 5.82. The van der Waals surface area contributed by atoms with Crippen molar-refractivity contribution in [3.8, 4) is 27.8 Å². The molecule has 2 aromatic carbocycles. The van der Waals surface area contributed by atoms with Gasteiger partial charge in [0.25, 0.3) is 0 Å². The lowest BCUT2D eigenvalue weighted by molar-refractivity contribution is 0.300. The minimum Gasteiger partial charge on any atom is -0.493 e. The highest BCUT2D eigenvalue weighted by Crippen LogP contribution is 2.39. The molecule has 0 aliphatic heterocycles. The summed E-state index contributed by atoms with van der Waals surface area (Å²) in [6.45, 7) is 0.364. The van der Waals surface area contributed by atoms with E-state index >= 15 is 0 Å². The van der Waals surface area contributed by atoms with Crippen molar-refractivity contribution in [2.75, 3.05) is 14.2 Å². The van der Waals surface area contributed by atoms with Gasteiger partial charge in [0.2, 0.25) is 0 Å². The quantitative estimate of drug-likeness (QED) is 0.484. The van der Waals surface area contributed by atoms with E-state index in [1.165, 1.54) is 11.3 Å². The van der Waals surface area contributed by atoms with Crippen LogP contribution >= 0.6 is 38.9 Å². The Morgan fingerprint density at radius 2 is 1.96 bits per heavy atom. The first-order chi connectivity index (χ1) is 12.1. The van der Waals surface area contributed by atoms with Crippen LogP contribution in [0.25, 0.3) is 10.6 Å². The van der Waals surface area contributed by atoms with Gasteiger partial charge in [0.05, 0.1) is 29.9 Å². The zero-order valence-corrected chi connectivity index (χ0v) is 16.7. The second kappa shape index (κ2) is 8.08. The molecule has 0 aliphatic carbocycles. The third kappa shape index (κ3) is 4.08.